The molecule has 2 N–H and O–H groups in total. The summed E-state index contributed by atoms with van der Waals surface area (Å²) in [5.74, 6) is -2.64. The number of sulfone groups is 1. The first-order valence-electron chi connectivity index (χ1n) is 11.5. The molecule has 1 saturated carbocycles. The second-order valence-electron chi connectivity index (χ2n) is 9.45. The summed E-state index contributed by atoms with van der Waals surface area (Å²) in [6.07, 6.45) is 1.37. The molecule has 0 unspecified atom stereocenters. The van der Waals surface area contributed by atoms with Gasteiger partial charge in [-0.1, -0.05) is 0 Å². The van der Waals surface area contributed by atoms with Gasteiger partial charge < -0.3 is 10.6 Å². The van der Waals surface area contributed by atoms with Gasteiger partial charge in [0.15, 0.2) is 27.2 Å². The molecule has 1 aliphatic rings. The predicted octanol–water partition coefficient (Wildman–Crippen LogP) is 3.29. The second kappa shape index (κ2) is 12.3. The van der Waals surface area contributed by atoms with E-state index in [1.165, 1.54) is 0 Å². The molecule has 15 heteroatoms. The Bertz CT molecular complexity index is 1340. The number of nitrogens with zero attached hydrogens (tertiary/aromatic N) is 4. The average molecular weight is 569 g/mol. The van der Waals surface area contributed by atoms with Crippen LogP contribution in [0.15, 0.2) is 23.1 Å². The van der Waals surface area contributed by atoms with Gasteiger partial charge in [0, 0.05) is 37.2 Å². The van der Waals surface area contributed by atoms with Crippen LogP contribution in [0.5, 0.6) is 0 Å². The van der Waals surface area contributed by atoms with Crippen molar-refractivity contribution in [2.75, 3.05) is 23.4 Å². The lowest BCUT2D eigenvalue weighted by molar-refractivity contribution is -0.385. The molecule has 0 saturated heterocycles. The number of anilines is 2. The van der Waals surface area contributed by atoms with Crippen LogP contribution in [0.4, 0.5) is 17.6 Å². The quantitative estimate of drug-likeness (QED) is 0.214. The van der Waals surface area contributed by atoms with Crippen LogP contribution < -0.4 is 10.6 Å². The minimum atomic E-state index is -3.70. The fourth-order valence-electron chi connectivity index (χ4n) is 3.43. The molecule has 1 aliphatic carbocycles. The highest BCUT2D eigenvalue weighted by atomic mass is 35.5. The summed E-state index contributed by atoms with van der Waals surface area (Å²) in [4.78, 5) is 58.1. The monoisotopic (exact) mass is 568 g/mol. The minimum absolute atomic E-state index is 0.0668. The minimum Gasteiger partial charge on any atom is -0.354 e. The van der Waals surface area contributed by atoms with Crippen molar-refractivity contribution >= 4 is 56.4 Å². The van der Waals surface area contributed by atoms with Crippen LogP contribution in [0, 0.1) is 16.0 Å². The van der Waals surface area contributed by atoms with E-state index in [1.54, 1.807) is 0 Å². The smallest absolute Gasteiger partial charge is 0.281 e. The van der Waals surface area contributed by atoms with Crippen molar-refractivity contribution in [3.05, 3.63) is 39.2 Å². The first-order chi connectivity index (χ1) is 17.5. The molecule has 1 aromatic carbocycles. The normalized spacial score (nSPS) is 14.4. The van der Waals surface area contributed by atoms with Crippen molar-refractivity contribution in [3.8, 4) is 0 Å². The first kappa shape index (κ1) is 30.7. The van der Waals surface area contributed by atoms with Crippen molar-refractivity contribution in [3.63, 3.8) is 0 Å². The maximum absolute atomic E-state index is 12.4. The molecule has 38 heavy (non-hydrogen) atoms. The molecule has 0 bridgehead atoms. The number of Topliss-reactive ketones (excluding diaryl/α,β-unsaturated/α-hetero) is 3. The van der Waals surface area contributed by atoms with Gasteiger partial charge in [0.05, 0.1) is 15.4 Å². The van der Waals surface area contributed by atoms with Gasteiger partial charge in [0.2, 0.25) is 17.2 Å². The number of nitro groups is 1. The molecular weight excluding hydrogens is 540 g/mol. The molecule has 13 nitrogen and oxygen atoms in total. The largest absolute Gasteiger partial charge is 0.354 e. The van der Waals surface area contributed by atoms with Crippen molar-refractivity contribution in [1.29, 1.82) is 0 Å². The van der Waals surface area contributed by atoms with Crippen molar-refractivity contribution < 1.29 is 27.7 Å². The summed E-state index contributed by atoms with van der Waals surface area (Å²) >= 11 is 5.77. The number of carbonyl (C=O) groups is 3. The van der Waals surface area contributed by atoms with Crippen molar-refractivity contribution in [2.24, 2.45) is 5.92 Å². The highest BCUT2D eigenvalue weighted by molar-refractivity contribution is 7.90. The average Bonchev–Trinajstić information content (AvgIpc) is 2.77. The molecule has 0 radical (unpaired) electrons. The Morgan fingerprint density at radius 3 is 2.21 bits per heavy atom. The maximum atomic E-state index is 12.4. The van der Waals surface area contributed by atoms with Crippen LogP contribution >= 0.6 is 11.6 Å². The third-order valence-corrected chi connectivity index (χ3v) is 6.32. The van der Waals surface area contributed by atoms with Crippen molar-refractivity contribution in [2.45, 2.75) is 57.4 Å². The summed E-state index contributed by atoms with van der Waals surface area (Å²) in [6, 6.07) is 2.79. The van der Waals surface area contributed by atoms with Crippen LogP contribution in [0.1, 0.15) is 57.3 Å². The molecule has 1 fully saturated rings. The second-order valence-corrected chi connectivity index (χ2v) is 11.8. The Morgan fingerprint density at radius 1 is 1.13 bits per heavy atom. The molecule has 1 aromatic heterocycles. The molecule has 0 aliphatic heterocycles. The van der Waals surface area contributed by atoms with Crippen LogP contribution in [0.3, 0.4) is 0 Å². The maximum Gasteiger partial charge on any atom is 0.281 e. The zero-order chi connectivity index (χ0) is 28.8. The Labute approximate surface area is 224 Å². The number of halogens is 1. The van der Waals surface area contributed by atoms with Gasteiger partial charge in [-0.05, 0) is 57.8 Å². The van der Waals surface area contributed by atoms with Gasteiger partial charge in [-0.2, -0.15) is 15.0 Å². The zero-order valence-electron chi connectivity index (χ0n) is 21.6. The van der Waals surface area contributed by atoms with Crippen LogP contribution in [-0.2, 0) is 19.4 Å². The van der Waals surface area contributed by atoms with Gasteiger partial charge in [0.25, 0.3) is 5.69 Å². The van der Waals surface area contributed by atoms with E-state index in [4.69, 9.17) is 11.6 Å². The van der Waals surface area contributed by atoms with Crippen LogP contribution in [-0.4, -0.2) is 64.0 Å². The lowest BCUT2D eigenvalue weighted by Crippen LogP contribution is -2.35. The van der Waals surface area contributed by atoms with Crippen LogP contribution in [0.25, 0.3) is 0 Å². The van der Waals surface area contributed by atoms with Gasteiger partial charge >= 0.3 is 0 Å². The van der Waals surface area contributed by atoms with E-state index < -0.39 is 49.3 Å². The third kappa shape index (κ3) is 8.52. The number of carbonyl (C=O) groups excluding carboxylic acids is 3. The fraction of sp³-hybridized carbons (Fsp3) is 0.478. The predicted molar refractivity (Wildman–Crippen MR) is 140 cm³/mol. The topological polar surface area (TPSA) is 191 Å². The molecule has 2 aromatic rings. The van der Waals surface area contributed by atoms with Crippen LogP contribution in [0.2, 0.25) is 5.28 Å². The van der Waals surface area contributed by atoms with Gasteiger partial charge in [-0.15, -0.1) is 0 Å². The van der Waals surface area contributed by atoms with E-state index >= 15 is 0 Å². The number of aromatic nitrogens is 3. The summed E-state index contributed by atoms with van der Waals surface area (Å²) in [7, 11) is -3.70. The van der Waals surface area contributed by atoms with Gasteiger partial charge in [0.1, 0.15) is 5.92 Å². The summed E-state index contributed by atoms with van der Waals surface area (Å²) in [5.41, 5.74) is -1.27. The van der Waals surface area contributed by atoms with Crippen molar-refractivity contribution in [1.82, 2.24) is 15.0 Å². The van der Waals surface area contributed by atoms with Gasteiger partial charge in [-0.25, -0.2) is 8.42 Å². The number of benzene rings is 1. The van der Waals surface area contributed by atoms with Gasteiger partial charge in [-0.3, -0.25) is 24.5 Å². The zero-order valence-corrected chi connectivity index (χ0v) is 23.1. The van der Waals surface area contributed by atoms with E-state index in [-0.39, 0.29) is 28.6 Å². The molecule has 0 amide bonds. The van der Waals surface area contributed by atoms with E-state index in [0.29, 0.717) is 18.3 Å². The Morgan fingerprint density at radius 2 is 1.71 bits per heavy atom. The first-order valence-corrected chi connectivity index (χ1v) is 13.8. The molecular formula is C23H29ClN6O7S. The van der Waals surface area contributed by atoms with E-state index in [2.05, 4.69) is 25.6 Å². The Kier molecular flexibility index (Phi) is 9.98. The Hall–Kier alpha value is -3.52. The highest BCUT2D eigenvalue weighted by Gasteiger charge is 2.39. The number of hydrogen-bond acceptors (Lipinski definition) is 12. The molecule has 0 spiro atoms. The number of hydrogen-bond donors (Lipinski definition) is 2. The number of rotatable bonds is 7. The lowest BCUT2D eigenvalue weighted by Gasteiger charge is -2.20. The summed E-state index contributed by atoms with van der Waals surface area (Å²) < 4.78 is 23.0. The molecule has 0 atom stereocenters. The van der Waals surface area contributed by atoms with E-state index in [0.717, 1.165) is 31.0 Å². The third-order valence-electron chi connectivity index (χ3n) is 5.04. The number of nitrogens with one attached hydrogen (secondary N) is 2. The molecule has 3 rings (SSSR count). The fourth-order valence-corrected chi connectivity index (χ4v) is 4.23. The highest BCUT2D eigenvalue weighted by Crippen LogP contribution is 2.28. The standard InChI is InChI=1S/C14H13NO7S.C9H16ClN5/c1-23(21,22)8-5-6-9(10(7-8)15(19)20)14(18)13-11(16)3-2-4-12(13)17;1-5-11-7-12-6(10)13-8(14-7)15-9(2,3)4/h5-7,13H,2-4H2,1H3;5H2,1-4H3,(H2,11,12,13,14,15). The summed E-state index contributed by atoms with van der Waals surface area (Å²) in [5, 5.41) is 17.4. The SMILES string of the molecule is CCNc1nc(Cl)nc(NC(C)(C)C)n1.CS(=O)(=O)c1ccc(C(=O)C2C(=O)CCCC2=O)c([N+](=O)[O-])c1. The lowest BCUT2D eigenvalue weighted by atomic mass is 9.81. The van der Waals surface area contributed by atoms with E-state index in [9.17, 15) is 32.9 Å². The summed E-state index contributed by atoms with van der Waals surface area (Å²) in [6.45, 7) is 8.79. The number of ketones is 3. The number of nitro benzene ring substituents is 1. The molecule has 1 heterocycles. The molecule has 206 valence electrons. The Balaban J connectivity index is 0.000000293. The van der Waals surface area contributed by atoms with E-state index in [1.807, 2.05) is 27.7 Å².